The molecule has 2 heterocycles. The summed E-state index contributed by atoms with van der Waals surface area (Å²) in [5.41, 5.74) is 3.53. The first kappa shape index (κ1) is 14.5. The van der Waals surface area contributed by atoms with Crippen molar-refractivity contribution in [2.75, 3.05) is 5.43 Å². The Hall–Kier alpha value is -1.92. The number of aromatic nitrogens is 1. The number of thiophene rings is 1. The third kappa shape index (κ3) is 3.34. The Morgan fingerprint density at radius 3 is 2.65 bits per heavy atom. The number of pyridine rings is 1. The zero-order valence-electron chi connectivity index (χ0n) is 11.5. The van der Waals surface area contributed by atoms with E-state index in [-0.39, 0.29) is 11.9 Å². The van der Waals surface area contributed by atoms with Gasteiger partial charge in [0.15, 0.2) is 0 Å². The number of hydrogen-bond acceptors (Lipinski definition) is 5. The van der Waals surface area contributed by atoms with Gasteiger partial charge in [0.05, 0.1) is 17.9 Å². The van der Waals surface area contributed by atoms with Gasteiger partial charge in [0.2, 0.25) is 0 Å². The van der Waals surface area contributed by atoms with Crippen molar-refractivity contribution in [1.82, 2.24) is 10.3 Å². The fraction of sp³-hybridized carbons (Fsp3) is 0.286. The van der Waals surface area contributed by atoms with E-state index in [2.05, 4.69) is 29.6 Å². The van der Waals surface area contributed by atoms with Gasteiger partial charge in [0.1, 0.15) is 5.69 Å². The Kier molecular flexibility index (Phi) is 4.70. The number of nitrogens with zero attached hydrogens (tertiary/aromatic N) is 1. The van der Waals surface area contributed by atoms with Crippen LogP contribution in [0.1, 0.15) is 35.3 Å². The third-order valence-electron chi connectivity index (χ3n) is 2.97. The number of carbonyl (C=O) groups is 1. The molecule has 0 radical (unpaired) electrons. The molecule has 2 aromatic rings. The van der Waals surface area contributed by atoms with Gasteiger partial charge in [-0.1, -0.05) is 19.9 Å². The summed E-state index contributed by atoms with van der Waals surface area (Å²) in [6.45, 7) is 4.17. The number of anilines is 1. The number of hydrazine groups is 1. The lowest BCUT2D eigenvalue weighted by Crippen LogP contribution is -2.31. The molecular weight excluding hydrogens is 272 g/mol. The highest BCUT2D eigenvalue weighted by Crippen LogP contribution is 2.26. The minimum atomic E-state index is -0.180. The Balaban J connectivity index is 2.12. The van der Waals surface area contributed by atoms with E-state index in [1.165, 1.54) is 6.20 Å². The van der Waals surface area contributed by atoms with Crippen molar-refractivity contribution in [3.8, 4) is 0 Å². The van der Waals surface area contributed by atoms with Crippen LogP contribution in [0, 0.1) is 5.92 Å². The molecular formula is C14H18N4OS. The van der Waals surface area contributed by atoms with Gasteiger partial charge in [-0.15, -0.1) is 11.3 Å². The molecule has 0 aliphatic heterocycles. The van der Waals surface area contributed by atoms with Crippen molar-refractivity contribution < 1.29 is 4.79 Å². The molecule has 2 aromatic heterocycles. The molecule has 106 valence electrons. The van der Waals surface area contributed by atoms with Crippen LogP contribution < -0.4 is 16.6 Å². The smallest absolute Gasteiger partial charge is 0.270 e. The quantitative estimate of drug-likeness (QED) is 0.584. The topological polar surface area (TPSA) is 80.0 Å². The maximum Gasteiger partial charge on any atom is 0.270 e. The van der Waals surface area contributed by atoms with Crippen LogP contribution in [0.2, 0.25) is 0 Å². The average molecular weight is 290 g/mol. The van der Waals surface area contributed by atoms with Crippen LogP contribution in [0.3, 0.4) is 0 Å². The molecule has 0 saturated carbocycles. The highest BCUT2D eigenvalue weighted by Gasteiger charge is 2.20. The first-order valence-corrected chi connectivity index (χ1v) is 7.26. The van der Waals surface area contributed by atoms with Crippen molar-refractivity contribution in [1.29, 1.82) is 0 Å². The Morgan fingerprint density at radius 1 is 1.35 bits per heavy atom. The normalized spacial score (nSPS) is 12.2. The molecule has 2 rings (SSSR count). The molecule has 1 amide bonds. The SMILES string of the molecule is CC(C)C(NC(=O)c1ccc(NN)cn1)c1cccs1. The first-order chi connectivity index (χ1) is 9.61. The van der Waals surface area contributed by atoms with Crippen LogP contribution in [-0.4, -0.2) is 10.9 Å². The van der Waals surface area contributed by atoms with E-state index < -0.39 is 0 Å². The van der Waals surface area contributed by atoms with E-state index in [1.807, 2.05) is 17.5 Å². The highest BCUT2D eigenvalue weighted by atomic mass is 32.1. The van der Waals surface area contributed by atoms with E-state index in [9.17, 15) is 4.79 Å². The monoisotopic (exact) mass is 290 g/mol. The minimum Gasteiger partial charge on any atom is -0.343 e. The molecule has 20 heavy (non-hydrogen) atoms. The summed E-state index contributed by atoms with van der Waals surface area (Å²) in [5, 5.41) is 5.04. The summed E-state index contributed by atoms with van der Waals surface area (Å²) in [7, 11) is 0. The van der Waals surface area contributed by atoms with E-state index in [1.54, 1.807) is 23.5 Å². The fourth-order valence-electron chi connectivity index (χ4n) is 1.86. The molecule has 0 saturated heterocycles. The van der Waals surface area contributed by atoms with Crippen molar-refractivity contribution in [2.24, 2.45) is 11.8 Å². The van der Waals surface area contributed by atoms with Crippen LogP contribution in [-0.2, 0) is 0 Å². The molecule has 0 aromatic carbocycles. The molecule has 0 aliphatic carbocycles. The Bertz CT molecular complexity index is 551. The summed E-state index contributed by atoms with van der Waals surface area (Å²) in [5.74, 6) is 5.40. The maximum atomic E-state index is 12.2. The van der Waals surface area contributed by atoms with E-state index in [0.29, 0.717) is 17.3 Å². The molecule has 0 aliphatic rings. The van der Waals surface area contributed by atoms with Gasteiger partial charge in [-0.2, -0.15) is 0 Å². The zero-order valence-corrected chi connectivity index (χ0v) is 12.3. The molecule has 0 spiro atoms. The lowest BCUT2D eigenvalue weighted by atomic mass is 10.0. The predicted octanol–water partition coefficient (Wildman–Crippen LogP) is 2.56. The number of amides is 1. The lowest BCUT2D eigenvalue weighted by molar-refractivity contribution is 0.0921. The molecule has 0 fully saturated rings. The zero-order chi connectivity index (χ0) is 14.5. The average Bonchev–Trinajstić information content (AvgIpc) is 2.98. The molecule has 1 atom stereocenters. The second-order valence-corrected chi connectivity index (χ2v) is 5.77. The van der Waals surface area contributed by atoms with Gasteiger partial charge in [0.25, 0.3) is 5.91 Å². The molecule has 4 N–H and O–H groups in total. The molecule has 5 nitrogen and oxygen atoms in total. The highest BCUT2D eigenvalue weighted by molar-refractivity contribution is 7.10. The van der Waals surface area contributed by atoms with Crippen molar-refractivity contribution >= 4 is 22.9 Å². The second-order valence-electron chi connectivity index (χ2n) is 4.79. The van der Waals surface area contributed by atoms with Crippen LogP contribution in [0.5, 0.6) is 0 Å². The summed E-state index contributed by atoms with van der Waals surface area (Å²) in [6.07, 6.45) is 1.53. The summed E-state index contributed by atoms with van der Waals surface area (Å²) >= 11 is 1.64. The Labute approximate surface area is 122 Å². The summed E-state index contributed by atoms with van der Waals surface area (Å²) in [6, 6.07) is 7.39. The van der Waals surface area contributed by atoms with Crippen molar-refractivity contribution in [2.45, 2.75) is 19.9 Å². The lowest BCUT2D eigenvalue weighted by Gasteiger charge is -2.21. The molecule has 1 unspecified atom stereocenters. The fourth-order valence-corrected chi connectivity index (χ4v) is 2.81. The number of rotatable bonds is 5. The first-order valence-electron chi connectivity index (χ1n) is 6.38. The largest absolute Gasteiger partial charge is 0.343 e. The molecule has 0 bridgehead atoms. The number of nitrogens with two attached hydrogens (primary N) is 1. The van der Waals surface area contributed by atoms with E-state index in [4.69, 9.17) is 5.84 Å². The summed E-state index contributed by atoms with van der Waals surface area (Å²) in [4.78, 5) is 17.5. The van der Waals surface area contributed by atoms with Crippen LogP contribution >= 0.6 is 11.3 Å². The van der Waals surface area contributed by atoms with E-state index in [0.717, 1.165) is 4.88 Å². The summed E-state index contributed by atoms with van der Waals surface area (Å²) < 4.78 is 0. The molecule has 6 heteroatoms. The van der Waals surface area contributed by atoms with Crippen LogP contribution in [0.25, 0.3) is 0 Å². The van der Waals surface area contributed by atoms with E-state index >= 15 is 0 Å². The van der Waals surface area contributed by atoms with Gasteiger partial charge in [-0.05, 0) is 29.5 Å². The number of nitrogen functional groups attached to an aromatic ring is 1. The number of carbonyl (C=O) groups excluding carboxylic acids is 1. The standard InChI is InChI=1S/C14H18N4OS/c1-9(2)13(12-4-3-7-20-12)17-14(19)11-6-5-10(18-15)8-16-11/h3-9,13,18H,15H2,1-2H3,(H,17,19). The predicted molar refractivity (Wildman–Crippen MR) is 81.4 cm³/mol. The Morgan fingerprint density at radius 2 is 2.15 bits per heavy atom. The number of nitrogens with one attached hydrogen (secondary N) is 2. The van der Waals surface area contributed by atoms with Gasteiger partial charge in [-0.25, -0.2) is 4.98 Å². The number of hydrogen-bond donors (Lipinski definition) is 3. The van der Waals surface area contributed by atoms with Crippen LogP contribution in [0.4, 0.5) is 5.69 Å². The van der Waals surface area contributed by atoms with Gasteiger partial charge in [0, 0.05) is 4.88 Å². The van der Waals surface area contributed by atoms with Crippen molar-refractivity contribution in [3.63, 3.8) is 0 Å². The third-order valence-corrected chi connectivity index (χ3v) is 3.92. The van der Waals surface area contributed by atoms with Crippen LogP contribution in [0.15, 0.2) is 35.8 Å². The van der Waals surface area contributed by atoms with Gasteiger partial charge in [-0.3, -0.25) is 10.6 Å². The second kappa shape index (κ2) is 6.49. The van der Waals surface area contributed by atoms with Crippen molar-refractivity contribution in [3.05, 3.63) is 46.4 Å². The van der Waals surface area contributed by atoms with Gasteiger partial charge < -0.3 is 10.7 Å². The minimum absolute atomic E-state index is 0.00314. The van der Waals surface area contributed by atoms with Gasteiger partial charge >= 0.3 is 0 Å². The maximum absolute atomic E-state index is 12.2.